The summed E-state index contributed by atoms with van der Waals surface area (Å²) in [5, 5.41) is 3.20. The highest BCUT2D eigenvalue weighted by molar-refractivity contribution is 7.99. The number of nitrogens with two attached hydrogens (primary N) is 1. The lowest BCUT2D eigenvalue weighted by molar-refractivity contribution is 0.0941. The molecule has 5 nitrogen and oxygen atoms in total. The van der Waals surface area contributed by atoms with E-state index < -0.39 is 0 Å². The summed E-state index contributed by atoms with van der Waals surface area (Å²) in [7, 11) is 0. The van der Waals surface area contributed by atoms with Crippen LogP contribution >= 0.6 is 23.4 Å². The number of carbonyl (C=O) groups excluding carboxylic acids is 1. The van der Waals surface area contributed by atoms with Crippen molar-refractivity contribution in [2.45, 2.75) is 12.5 Å². The van der Waals surface area contributed by atoms with Gasteiger partial charge in [0.2, 0.25) is 0 Å². The van der Waals surface area contributed by atoms with E-state index in [0.717, 1.165) is 17.9 Å². The Morgan fingerprint density at radius 3 is 3.06 bits per heavy atom. The zero-order chi connectivity index (χ0) is 12.3. The molecule has 1 fully saturated rings. The number of amides is 1. The molecule has 1 saturated heterocycles. The number of nitrogens with one attached hydrogen (secondary N) is 2. The molecule has 1 atom stereocenters. The topological polar surface area (TPSA) is 80.0 Å². The zero-order valence-electron chi connectivity index (χ0n) is 9.07. The van der Waals surface area contributed by atoms with E-state index in [2.05, 4.69) is 15.7 Å². The number of nitrogen functional groups attached to an aromatic ring is 1. The number of hydrogen-bond donors (Lipinski definition) is 3. The highest BCUT2D eigenvalue weighted by atomic mass is 35.5. The number of hydrazine groups is 1. The molecular formula is C10H13ClN4OS. The van der Waals surface area contributed by atoms with Gasteiger partial charge in [-0.3, -0.25) is 4.79 Å². The number of pyridine rings is 1. The number of rotatable bonds is 3. The van der Waals surface area contributed by atoms with Crippen LogP contribution in [0, 0.1) is 0 Å². The van der Waals surface area contributed by atoms with Crippen LogP contribution in [-0.2, 0) is 0 Å². The molecular weight excluding hydrogens is 260 g/mol. The second-order valence-electron chi connectivity index (χ2n) is 3.74. The molecule has 1 unspecified atom stereocenters. The Morgan fingerprint density at radius 2 is 2.41 bits per heavy atom. The molecule has 4 N–H and O–H groups in total. The maximum Gasteiger partial charge on any atom is 0.251 e. The molecule has 1 aliphatic rings. The van der Waals surface area contributed by atoms with Crippen LogP contribution in [0.4, 0.5) is 5.82 Å². The van der Waals surface area contributed by atoms with Crippen molar-refractivity contribution in [3.05, 3.63) is 22.8 Å². The van der Waals surface area contributed by atoms with Crippen LogP contribution in [0.5, 0.6) is 0 Å². The third-order valence-electron chi connectivity index (χ3n) is 2.47. The zero-order valence-corrected chi connectivity index (χ0v) is 10.6. The van der Waals surface area contributed by atoms with Crippen LogP contribution in [-0.4, -0.2) is 28.4 Å². The summed E-state index contributed by atoms with van der Waals surface area (Å²) < 4.78 is 0. The molecule has 1 aromatic rings. The average molecular weight is 273 g/mol. The molecule has 0 saturated carbocycles. The van der Waals surface area contributed by atoms with E-state index in [-0.39, 0.29) is 17.1 Å². The molecule has 0 bridgehead atoms. The van der Waals surface area contributed by atoms with Gasteiger partial charge in [0.15, 0.2) is 0 Å². The molecule has 0 aromatic carbocycles. The van der Waals surface area contributed by atoms with Crippen LogP contribution in [0.15, 0.2) is 12.1 Å². The van der Waals surface area contributed by atoms with Gasteiger partial charge in [-0.25, -0.2) is 10.8 Å². The third-order valence-corrected chi connectivity index (χ3v) is 3.83. The lowest BCUT2D eigenvalue weighted by atomic mass is 10.2. The summed E-state index contributed by atoms with van der Waals surface area (Å²) in [5.74, 6) is 7.54. The summed E-state index contributed by atoms with van der Waals surface area (Å²) in [4.78, 5) is 15.9. The summed E-state index contributed by atoms with van der Waals surface area (Å²) in [5.41, 5.74) is 2.84. The SMILES string of the molecule is NNc1cc(C(=O)NC2CCSC2)cc(Cl)n1. The van der Waals surface area contributed by atoms with Gasteiger partial charge < -0.3 is 10.7 Å². The van der Waals surface area contributed by atoms with Gasteiger partial charge in [0.1, 0.15) is 11.0 Å². The molecule has 1 aromatic heterocycles. The molecule has 0 aliphatic carbocycles. The van der Waals surface area contributed by atoms with E-state index >= 15 is 0 Å². The van der Waals surface area contributed by atoms with Crippen molar-refractivity contribution < 1.29 is 4.79 Å². The first kappa shape index (κ1) is 12.5. The third kappa shape index (κ3) is 3.24. The number of thioether (sulfide) groups is 1. The molecule has 7 heteroatoms. The van der Waals surface area contributed by atoms with Gasteiger partial charge in [-0.1, -0.05) is 11.6 Å². The minimum Gasteiger partial charge on any atom is -0.348 e. The van der Waals surface area contributed by atoms with Gasteiger partial charge in [-0.15, -0.1) is 0 Å². The Labute approximate surface area is 108 Å². The van der Waals surface area contributed by atoms with Crippen LogP contribution < -0.4 is 16.6 Å². The van der Waals surface area contributed by atoms with Crippen LogP contribution in [0.2, 0.25) is 5.15 Å². The first-order chi connectivity index (χ1) is 8.19. The van der Waals surface area contributed by atoms with E-state index in [1.54, 1.807) is 6.07 Å². The quantitative estimate of drug-likeness (QED) is 0.438. The fourth-order valence-electron chi connectivity index (χ4n) is 1.62. The van der Waals surface area contributed by atoms with Crippen molar-refractivity contribution in [3.8, 4) is 0 Å². The van der Waals surface area contributed by atoms with Gasteiger partial charge in [-0.2, -0.15) is 11.8 Å². The van der Waals surface area contributed by atoms with Crippen molar-refractivity contribution in [2.24, 2.45) is 5.84 Å². The summed E-state index contributed by atoms with van der Waals surface area (Å²) in [6.45, 7) is 0. The lowest BCUT2D eigenvalue weighted by Gasteiger charge is -2.11. The molecule has 2 rings (SSSR count). The predicted molar refractivity (Wildman–Crippen MR) is 70.3 cm³/mol. The first-order valence-corrected chi connectivity index (χ1v) is 6.75. The van der Waals surface area contributed by atoms with Gasteiger partial charge in [0.25, 0.3) is 5.91 Å². The van der Waals surface area contributed by atoms with Crippen molar-refractivity contribution in [3.63, 3.8) is 0 Å². The first-order valence-electron chi connectivity index (χ1n) is 5.22. The number of hydrogen-bond acceptors (Lipinski definition) is 5. The number of aromatic nitrogens is 1. The van der Waals surface area contributed by atoms with Crippen molar-refractivity contribution in [2.75, 3.05) is 16.9 Å². The maximum atomic E-state index is 11.9. The lowest BCUT2D eigenvalue weighted by Crippen LogP contribution is -2.34. The summed E-state index contributed by atoms with van der Waals surface area (Å²) >= 11 is 7.64. The van der Waals surface area contributed by atoms with E-state index in [9.17, 15) is 4.79 Å². The van der Waals surface area contributed by atoms with E-state index in [1.807, 2.05) is 11.8 Å². The van der Waals surface area contributed by atoms with Crippen molar-refractivity contribution in [1.82, 2.24) is 10.3 Å². The molecule has 1 aliphatic heterocycles. The van der Waals surface area contributed by atoms with Gasteiger partial charge in [0, 0.05) is 17.4 Å². The number of halogens is 1. The highest BCUT2D eigenvalue weighted by Gasteiger charge is 2.19. The molecule has 17 heavy (non-hydrogen) atoms. The predicted octanol–water partition coefficient (Wildman–Crippen LogP) is 1.26. The number of nitrogens with zero attached hydrogens (tertiary/aromatic N) is 1. The van der Waals surface area contributed by atoms with E-state index in [1.165, 1.54) is 6.07 Å². The Hall–Kier alpha value is -0.980. The molecule has 0 spiro atoms. The summed E-state index contributed by atoms with van der Waals surface area (Å²) in [6.07, 6.45) is 1.01. The van der Waals surface area contributed by atoms with Gasteiger partial charge >= 0.3 is 0 Å². The molecule has 0 radical (unpaired) electrons. The van der Waals surface area contributed by atoms with Gasteiger partial charge in [0.05, 0.1) is 0 Å². The Morgan fingerprint density at radius 1 is 1.59 bits per heavy atom. The second kappa shape index (κ2) is 5.57. The Balaban J connectivity index is 2.09. The molecule has 2 heterocycles. The Bertz CT molecular complexity index is 423. The monoisotopic (exact) mass is 272 g/mol. The standard InChI is InChI=1S/C10H13ClN4OS/c11-8-3-6(4-9(14-8)15-12)10(16)13-7-1-2-17-5-7/h3-4,7H,1-2,5,12H2,(H,13,16)(H,14,15). The van der Waals surface area contributed by atoms with Crippen molar-refractivity contribution in [1.29, 1.82) is 0 Å². The number of anilines is 1. The number of carbonyl (C=O) groups is 1. The van der Waals surface area contributed by atoms with Crippen LogP contribution in [0.25, 0.3) is 0 Å². The fourth-order valence-corrected chi connectivity index (χ4v) is 2.98. The average Bonchev–Trinajstić information content (AvgIpc) is 2.81. The smallest absolute Gasteiger partial charge is 0.251 e. The van der Waals surface area contributed by atoms with Crippen molar-refractivity contribution >= 4 is 35.1 Å². The molecule has 1 amide bonds. The summed E-state index contributed by atoms with van der Waals surface area (Å²) in [6, 6.07) is 3.34. The maximum absolute atomic E-state index is 11.9. The minimum atomic E-state index is -0.140. The Kier molecular flexibility index (Phi) is 4.09. The van der Waals surface area contributed by atoms with Crippen LogP contribution in [0.1, 0.15) is 16.8 Å². The largest absolute Gasteiger partial charge is 0.348 e. The fraction of sp³-hybridized carbons (Fsp3) is 0.400. The van der Waals surface area contributed by atoms with Gasteiger partial charge in [-0.05, 0) is 24.3 Å². The highest BCUT2D eigenvalue weighted by Crippen LogP contribution is 2.18. The van der Waals surface area contributed by atoms with E-state index in [4.69, 9.17) is 17.4 Å². The normalized spacial score (nSPS) is 19.1. The second-order valence-corrected chi connectivity index (χ2v) is 5.28. The molecule has 92 valence electrons. The van der Waals surface area contributed by atoms with Crippen LogP contribution in [0.3, 0.4) is 0 Å². The van der Waals surface area contributed by atoms with E-state index in [0.29, 0.717) is 11.4 Å². The minimum absolute atomic E-state index is 0.140.